The van der Waals surface area contributed by atoms with E-state index in [1.165, 1.54) is 0 Å². The first kappa shape index (κ1) is 14.6. The molecule has 0 fully saturated rings. The molecule has 5 heteroatoms. The lowest BCUT2D eigenvalue weighted by Crippen LogP contribution is -2.23. The minimum atomic E-state index is 0.171. The van der Waals surface area contributed by atoms with Crippen molar-refractivity contribution in [3.8, 4) is 0 Å². The van der Waals surface area contributed by atoms with Gasteiger partial charge >= 0.3 is 0 Å². The number of rotatable bonds is 5. The predicted molar refractivity (Wildman–Crippen MR) is 82.5 cm³/mol. The van der Waals surface area contributed by atoms with Crippen molar-refractivity contribution in [3.63, 3.8) is 0 Å². The monoisotopic (exact) mass is 341 g/mol. The van der Waals surface area contributed by atoms with Crippen LogP contribution in [0.25, 0.3) is 0 Å². The van der Waals surface area contributed by atoms with Crippen LogP contribution in [0.5, 0.6) is 0 Å². The normalized spacial score (nSPS) is 12.6. The Morgan fingerprint density at radius 3 is 2.84 bits per heavy atom. The van der Waals surface area contributed by atoms with Crippen molar-refractivity contribution < 1.29 is 0 Å². The Hall–Kier alpha value is -0.840. The van der Waals surface area contributed by atoms with Crippen molar-refractivity contribution in [2.45, 2.75) is 19.4 Å². The second kappa shape index (κ2) is 6.55. The van der Waals surface area contributed by atoms with Gasteiger partial charge in [0.05, 0.1) is 5.69 Å². The van der Waals surface area contributed by atoms with Gasteiger partial charge in [0.2, 0.25) is 0 Å². The standard InChI is InChI=1S/C14H17BrClN3/c1-3-17-14(9-11-6-7-19(2)18-11)12-8-10(15)4-5-13(12)16/h4-8,14,17H,3,9H2,1-2H3. The average molecular weight is 343 g/mol. The van der Waals surface area contributed by atoms with E-state index in [9.17, 15) is 0 Å². The molecule has 2 rings (SSSR count). The SMILES string of the molecule is CCNC(Cc1ccn(C)n1)c1cc(Br)ccc1Cl. The smallest absolute Gasteiger partial charge is 0.0643 e. The van der Waals surface area contributed by atoms with Crippen LogP contribution in [0.1, 0.15) is 24.2 Å². The van der Waals surface area contributed by atoms with Crippen LogP contribution in [-0.4, -0.2) is 16.3 Å². The Morgan fingerprint density at radius 2 is 2.21 bits per heavy atom. The summed E-state index contributed by atoms with van der Waals surface area (Å²) < 4.78 is 2.86. The summed E-state index contributed by atoms with van der Waals surface area (Å²) >= 11 is 9.81. The lowest BCUT2D eigenvalue weighted by Gasteiger charge is -2.19. The predicted octanol–water partition coefficient (Wildman–Crippen LogP) is 3.73. The van der Waals surface area contributed by atoms with Gasteiger partial charge in [-0.05, 0) is 36.4 Å². The van der Waals surface area contributed by atoms with Crippen molar-refractivity contribution in [1.82, 2.24) is 15.1 Å². The Balaban J connectivity index is 2.26. The van der Waals surface area contributed by atoms with Crippen LogP contribution in [0.3, 0.4) is 0 Å². The molecule has 2 aromatic rings. The first-order valence-electron chi connectivity index (χ1n) is 6.27. The molecule has 102 valence electrons. The summed E-state index contributed by atoms with van der Waals surface area (Å²) in [5.74, 6) is 0. The van der Waals surface area contributed by atoms with E-state index in [0.717, 1.165) is 33.7 Å². The zero-order valence-corrected chi connectivity index (χ0v) is 13.4. The zero-order valence-electron chi connectivity index (χ0n) is 11.0. The van der Waals surface area contributed by atoms with Gasteiger partial charge in [-0.3, -0.25) is 4.68 Å². The first-order chi connectivity index (χ1) is 9.10. The van der Waals surface area contributed by atoms with Gasteiger partial charge in [-0.25, -0.2) is 0 Å². The maximum absolute atomic E-state index is 6.31. The minimum Gasteiger partial charge on any atom is -0.310 e. The molecular weight excluding hydrogens is 326 g/mol. The Kier molecular flexibility index (Phi) is 5.02. The molecule has 0 saturated heterocycles. The molecular formula is C14H17BrClN3. The van der Waals surface area contributed by atoms with E-state index >= 15 is 0 Å². The van der Waals surface area contributed by atoms with Gasteiger partial charge in [0.15, 0.2) is 0 Å². The second-order valence-electron chi connectivity index (χ2n) is 4.46. The lowest BCUT2D eigenvalue weighted by atomic mass is 10.0. The van der Waals surface area contributed by atoms with Crippen molar-refractivity contribution in [3.05, 3.63) is 51.2 Å². The summed E-state index contributed by atoms with van der Waals surface area (Å²) in [4.78, 5) is 0. The summed E-state index contributed by atoms with van der Waals surface area (Å²) in [7, 11) is 1.93. The van der Waals surface area contributed by atoms with Crippen molar-refractivity contribution in [1.29, 1.82) is 0 Å². The summed E-state index contributed by atoms with van der Waals surface area (Å²) in [5, 5.41) is 8.68. The molecule has 0 amide bonds. The molecule has 0 spiro atoms. The van der Waals surface area contributed by atoms with Gasteiger partial charge in [0.25, 0.3) is 0 Å². The minimum absolute atomic E-state index is 0.171. The van der Waals surface area contributed by atoms with Crippen LogP contribution in [0.4, 0.5) is 0 Å². The molecule has 0 aliphatic heterocycles. The molecule has 1 unspecified atom stereocenters. The largest absolute Gasteiger partial charge is 0.310 e. The van der Waals surface area contributed by atoms with Gasteiger partial charge in [-0.1, -0.05) is 34.5 Å². The Bertz CT molecular complexity index is 553. The number of nitrogens with zero attached hydrogens (tertiary/aromatic N) is 2. The fraction of sp³-hybridized carbons (Fsp3) is 0.357. The average Bonchev–Trinajstić information content (AvgIpc) is 2.77. The zero-order chi connectivity index (χ0) is 13.8. The number of hydrogen-bond acceptors (Lipinski definition) is 2. The van der Waals surface area contributed by atoms with Crippen LogP contribution >= 0.6 is 27.5 Å². The highest BCUT2D eigenvalue weighted by Crippen LogP contribution is 2.28. The van der Waals surface area contributed by atoms with E-state index < -0.39 is 0 Å². The van der Waals surface area contributed by atoms with Gasteiger partial charge in [-0.2, -0.15) is 5.10 Å². The van der Waals surface area contributed by atoms with E-state index in [2.05, 4.69) is 39.3 Å². The maximum atomic E-state index is 6.31. The molecule has 0 radical (unpaired) electrons. The topological polar surface area (TPSA) is 29.9 Å². The Labute approximate surface area is 127 Å². The third-order valence-electron chi connectivity index (χ3n) is 2.97. The molecule has 1 aromatic heterocycles. The molecule has 0 aliphatic rings. The van der Waals surface area contributed by atoms with E-state index in [4.69, 9.17) is 11.6 Å². The highest BCUT2D eigenvalue weighted by molar-refractivity contribution is 9.10. The van der Waals surface area contributed by atoms with Crippen LogP contribution < -0.4 is 5.32 Å². The maximum Gasteiger partial charge on any atom is 0.0643 e. The summed E-state index contributed by atoms with van der Waals surface area (Å²) in [5.41, 5.74) is 2.16. The van der Waals surface area contributed by atoms with E-state index in [1.807, 2.05) is 36.1 Å². The van der Waals surface area contributed by atoms with Crippen molar-refractivity contribution in [2.24, 2.45) is 7.05 Å². The molecule has 1 heterocycles. The Morgan fingerprint density at radius 1 is 1.42 bits per heavy atom. The molecule has 1 N–H and O–H groups in total. The summed E-state index contributed by atoms with van der Waals surface area (Å²) in [6, 6.07) is 8.15. The molecule has 1 aromatic carbocycles. The van der Waals surface area contributed by atoms with Gasteiger partial charge in [0.1, 0.15) is 0 Å². The van der Waals surface area contributed by atoms with Crippen LogP contribution in [-0.2, 0) is 13.5 Å². The molecule has 0 aliphatic carbocycles. The van der Waals surface area contributed by atoms with E-state index in [1.54, 1.807) is 0 Å². The van der Waals surface area contributed by atoms with Crippen LogP contribution in [0.15, 0.2) is 34.9 Å². The third-order valence-corrected chi connectivity index (χ3v) is 3.80. The number of likely N-dealkylation sites (N-methyl/N-ethyl adjacent to an activating group) is 1. The van der Waals surface area contributed by atoms with Crippen LogP contribution in [0, 0.1) is 0 Å². The first-order valence-corrected chi connectivity index (χ1v) is 7.44. The van der Waals surface area contributed by atoms with E-state index in [-0.39, 0.29) is 6.04 Å². The molecule has 3 nitrogen and oxygen atoms in total. The lowest BCUT2D eigenvalue weighted by molar-refractivity contribution is 0.539. The van der Waals surface area contributed by atoms with Gasteiger partial charge < -0.3 is 5.32 Å². The molecule has 0 bridgehead atoms. The summed E-state index contributed by atoms with van der Waals surface area (Å²) in [6.45, 7) is 2.98. The summed E-state index contributed by atoms with van der Waals surface area (Å²) in [6.07, 6.45) is 2.78. The molecule has 1 atom stereocenters. The highest BCUT2D eigenvalue weighted by Gasteiger charge is 2.16. The fourth-order valence-corrected chi connectivity index (χ4v) is 2.73. The fourth-order valence-electron chi connectivity index (χ4n) is 2.10. The van der Waals surface area contributed by atoms with Gasteiger partial charge in [-0.15, -0.1) is 0 Å². The van der Waals surface area contributed by atoms with Crippen molar-refractivity contribution >= 4 is 27.5 Å². The number of nitrogens with one attached hydrogen (secondary N) is 1. The second-order valence-corrected chi connectivity index (χ2v) is 5.78. The third kappa shape index (κ3) is 3.81. The number of hydrogen-bond donors (Lipinski definition) is 1. The molecule has 0 saturated carbocycles. The van der Waals surface area contributed by atoms with Gasteiger partial charge in [0, 0.05) is 35.2 Å². The van der Waals surface area contributed by atoms with Crippen molar-refractivity contribution in [2.75, 3.05) is 6.54 Å². The van der Waals surface area contributed by atoms with Crippen LogP contribution in [0.2, 0.25) is 5.02 Å². The number of aryl methyl sites for hydroxylation is 1. The number of aromatic nitrogens is 2. The quantitative estimate of drug-likeness (QED) is 0.897. The molecule has 19 heavy (non-hydrogen) atoms. The van der Waals surface area contributed by atoms with E-state index in [0.29, 0.717) is 0 Å². The number of benzene rings is 1. The highest BCUT2D eigenvalue weighted by atomic mass is 79.9. The number of halogens is 2.